The first kappa shape index (κ1) is 25.4. The average molecular weight is 542 g/mol. The van der Waals surface area contributed by atoms with Gasteiger partial charge in [-0.05, 0) is 24.6 Å². The number of carboxylic acids is 1. The molecule has 0 spiro atoms. The number of aliphatic carboxylic acids is 1. The van der Waals surface area contributed by atoms with E-state index < -0.39 is 41.0 Å². The van der Waals surface area contributed by atoms with E-state index in [1.807, 2.05) is 6.92 Å². The number of nitrogens with one attached hydrogen (secondary N) is 1. The molecule has 14 heteroatoms. The van der Waals surface area contributed by atoms with Crippen LogP contribution < -0.4 is 5.32 Å². The lowest BCUT2D eigenvalue weighted by atomic mass is 9.77. The molecule has 0 unspecified atom stereocenters. The number of alkyl carbamates (subject to hydrolysis) is 1. The second kappa shape index (κ2) is 9.54. The number of imidazole rings is 1. The zero-order chi connectivity index (χ0) is 27.3. The quantitative estimate of drug-likeness (QED) is 0.219. The van der Waals surface area contributed by atoms with Crippen molar-refractivity contribution in [3.63, 3.8) is 0 Å². The van der Waals surface area contributed by atoms with Crippen LogP contribution in [0.4, 0.5) is 10.5 Å². The normalized spacial score (nSPS) is 21.3. The molecule has 13 nitrogen and oxygen atoms in total. The van der Waals surface area contributed by atoms with Crippen LogP contribution in [0.1, 0.15) is 30.0 Å². The first-order chi connectivity index (χ1) is 18.1. The number of non-ortho nitro benzene ring substituents is 1. The number of nitro benzene ring substituents is 1. The van der Waals surface area contributed by atoms with Gasteiger partial charge in [0.1, 0.15) is 23.5 Å². The van der Waals surface area contributed by atoms with Gasteiger partial charge in [-0.3, -0.25) is 19.3 Å². The Morgan fingerprint density at radius 2 is 2.03 bits per heavy atom. The summed E-state index contributed by atoms with van der Waals surface area (Å²) in [7, 11) is 0. The Morgan fingerprint density at radius 1 is 1.32 bits per heavy atom. The van der Waals surface area contributed by atoms with Crippen LogP contribution in [0.3, 0.4) is 0 Å². The van der Waals surface area contributed by atoms with Crippen LogP contribution in [-0.4, -0.2) is 59.5 Å². The minimum absolute atomic E-state index is 0.0489. The number of hydrogen-bond acceptors (Lipinski definition) is 9. The van der Waals surface area contributed by atoms with Gasteiger partial charge in [0.25, 0.3) is 5.69 Å². The van der Waals surface area contributed by atoms with Crippen molar-refractivity contribution >= 4 is 45.4 Å². The van der Waals surface area contributed by atoms with E-state index in [2.05, 4.69) is 10.3 Å². The molecule has 4 atom stereocenters. The second-order valence-corrected chi connectivity index (χ2v) is 10.2. The van der Waals surface area contributed by atoms with Gasteiger partial charge in [0, 0.05) is 29.8 Å². The molecule has 0 radical (unpaired) electrons. The number of hydrogen-bond donors (Lipinski definition) is 3. The van der Waals surface area contributed by atoms with Crippen molar-refractivity contribution in [2.75, 3.05) is 0 Å². The molecule has 2 aromatic heterocycles. The van der Waals surface area contributed by atoms with Crippen LogP contribution in [-0.2, 0) is 27.5 Å². The van der Waals surface area contributed by atoms with Gasteiger partial charge < -0.3 is 25.2 Å². The lowest BCUT2D eigenvalue weighted by Crippen LogP contribution is -2.63. The maximum Gasteiger partial charge on any atom is 0.407 e. The van der Waals surface area contributed by atoms with Gasteiger partial charge >= 0.3 is 12.1 Å². The van der Waals surface area contributed by atoms with E-state index in [1.54, 1.807) is 16.9 Å². The molecule has 3 N–H and O–H groups in total. The average Bonchev–Trinajstić information content (AvgIpc) is 3.51. The third-order valence-electron chi connectivity index (χ3n) is 6.84. The van der Waals surface area contributed by atoms with Crippen molar-refractivity contribution in [3.8, 4) is 0 Å². The highest BCUT2D eigenvalue weighted by molar-refractivity contribution is 7.18. The molecule has 2 aliphatic rings. The number of aromatic nitrogens is 2. The molecule has 0 bridgehead atoms. The topological polar surface area (TPSA) is 177 Å². The van der Waals surface area contributed by atoms with Gasteiger partial charge in [0.15, 0.2) is 0 Å². The molecule has 5 rings (SSSR count). The maximum atomic E-state index is 12.6. The number of fused-ring (bicyclic) bond motifs is 2. The minimum atomic E-state index is -1.21. The van der Waals surface area contributed by atoms with Crippen molar-refractivity contribution in [1.29, 1.82) is 0 Å². The van der Waals surface area contributed by atoms with Gasteiger partial charge in [0.05, 0.1) is 40.1 Å². The minimum Gasteiger partial charge on any atom is -0.477 e. The molecule has 1 fully saturated rings. The number of carboxylic acid groups (broad SMARTS) is 1. The van der Waals surface area contributed by atoms with Crippen LogP contribution >= 0.6 is 11.3 Å². The molecular weight excluding hydrogens is 518 g/mol. The number of carbonyl (C=O) groups is 3. The monoisotopic (exact) mass is 541 g/mol. The van der Waals surface area contributed by atoms with E-state index in [1.165, 1.54) is 47.4 Å². The third-order valence-corrected chi connectivity index (χ3v) is 8.02. The van der Waals surface area contributed by atoms with Gasteiger partial charge in [0.2, 0.25) is 5.91 Å². The summed E-state index contributed by atoms with van der Waals surface area (Å²) < 4.78 is 6.89. The smallest absolute Gasteiger partial charge is 0.407 e. The van der Waals surface area contributed by atoms with Crippen LogP contribution in [0.25, 0.3) is 10.4 Å². The highest BCUT2D eigenvalue weighted by Gasteiger charge is 2.60. The third kappa shape index (κ3) is 4.16. The van der Waals surface area contributed by atoms with Gasteiger partial charge in [-0.15, -0.1) is 11.3 Å². The van der Waals surface area contributed by atoms with Gasteiger partial charge in [-0.25, -0.2) is 14.6 Å². The predicted molar refractivity (Wildman–Crippen MR) is 133 cm³/mol. The highest BCUT2D eigenvalue weighted by Crippen LogP contribution is 2.51. The summed E-state index contributed by atoms with van der Waals surface area (Å²) in [5.41, 5.74) is 1.52. The lowest BCUT2D eigenvalue weighted by Gasteiger charge is -2.46. The number of β-lactam (4-membered cyclic amide) rings is 1. The highest BCUT2D eigenvalue weighted by atomic mass is 32.1. The number of nitro groups is 1. The number of carbonyl (C=O) groups excluding carboxylic acids is 2. The summed E-state index contributed by atoms with van der Waals surface area (Å²) in [6, 6.07) is 5.23. The fourth-order valence-corrected chi connectivity index (χ4v) is 6.27. The first-order valence-electron chi connectivity index (χ1n) is 11.7. The first-order valence-corrected chi connectivity index (χ1v) is 12.5. The van der Waals surface area contributed by atoms with E-state index in [9.17, 15) is 34.7 Å². The molecule has 0 aliphatic carbocycles. The number of benzene rings is 1. The Bertz CT molecular complexity index is 1490. The van der Waals surface area contributed by atoms with Crippen LogP contribution in [0.2, 0.25) is 0 Å². The second-order valence-electron chi connectivity index (χ2n) is 9.17. The van der Waals surface area contributed by atoms with E-state index >= 15 is 0 Å². The standard InChI is InChI=1S/C24H23N5O8S/c1-11-17(20(23(32)33)28-19(11)18(12(2)30)21(28)31)16-8-27-10-26-15(22(27)38-16)7-25-24(34)37-9-13-3-5-14(6-4-13)29(35)36/h3-6,8,10-12,18-19,30H,7,9H2,1-2H3,(H,25,34)(H,32,33)/t11-,12+,18+,19+/m0/s1. The van der Waals surface area contributed by atoms with Crippen molar-refractivity contribution in [2.45, 2.75) is 39.1 Å². The lowest BCUT2D eigenvalue weighted by molar-refractivity contribution is -0.384. The Kier molecular flexibility index (Phi) is 6.36. The van der Waals surface area contributed by atoms with E-state index in [0.717, 1.165) is 0 Å². The molecule has 0 saturated carbocycles. The fraction of sp³-hybridized carbons (Fsp3) is 0.333. The summed E-state index contributed by atoms with van der Waals surface area (Å²) in [6.45, 7) is 3.36. The summed E-state index contributed by atoms with van der Waals surface area (Å²) in [4.78, 5) is 54.1. The van der Waals surface area contributed by atoms with Crippen molar-refractivity contribution in [1.82, 2.24) is 19.6 Å². The summed E-state index contributed by atoms with van der Waals surface area (Å²) in [5, 5.41) is 33.3. The molecule has 2 amide bonds. The SMILES string of the molecule is C[C@@H](O)[C@H]1C(=O)N2C(C(=O)O)=C(c3cn4cnc(CNC(=O)OCc5ccc([N+](=O)[O-])cc5)c4s3)[C@H](C)[C@H]12. The van der Waals surface area contributed by atoms with Crippen molar-refractivity contribution in [2.24, 2.45) is 11.8 Å². The van der Waals surface area contributed by atoms with Crippen LogP contribution in [0, 0.1) is 22.0 Å². The number of nitrogens with zero attached hydrogens (tertiary/aromatic N) is 4. The molecule has 1 saturated heterocycles. The van der Waals surface area contributed by atoms with E-state index in [0.29, 0.717) is 26.5 Å². The Hall–Kier alpha value is -4.30. The van der Waals surface area contributed by atoms with Gasteiger partial charge in [-0.1, -0.05) is 6.92 Å². The molecular formula is C24H23N5O8S. The van der Waals surface area contributed by atoms with E-state index in [-0.39, 0.29) is 30.5 Å². The molecule has 3 aromatic rings. The maximum absolute atomic E-state index is 12.6. The van der Waals surface area contributed by atoms with E-state index in [4.69, 9.17) is 4.74 Å². The number of aliphatic hydroxyl groups excluding tert-OH is 1. The number of ether oxygens (including phenoxy) is 1. The summed E-state index contributed by atoms with van der Waals surface area (Å²) >= 11 is 1.29. The molecule has 38 heavy (non-hydrogen) atoms. The number of thiazole rings is 1. The molecule has 4 heterocycles. The number of rotatable bonds is 8. The number of amides is 2. The molecule has 2 aliphatic heterocycles. The fourth-order valence-electron chi connectivity index (χ4n) is 5.06. The zero-order valence-corrected chi connectivity index (χ0v) is 21.0. The Balaban J connectivity index is 1.29. The predicted octanol–water partition coefficient (Wildman–Crippen LogP) is 2.38. The zero-order valence-electron chi connectivity index (χ0n) is 20.2. The van der Waals surface area contributed by atoms with Crippen molar-refractivity contribution in [3.05, 3.63) is 68.7 Å². The largest absolute Gasteiger partial charge is 0.477 e. The van der Waals surface area contributed by atoms with Crippen LogP contribution in [0.5, 0.6) is 0 Å². The summed E-state index contributed by atoms with van der Waals surface area (Å²) in [5.74, 6) is -2.56. The molecule has 1 aromatic carbocycles. The molecule has 198 valence electrons. The van der Waals surface area contributed by atoms with Crippen molar-refractivity contribution < 1.29 is 34.3 Å². The number of aliphatic hydroxyl groups is 1. The Labute approximate surface area is 219 Å². The van der Waals surface area contributed by atoms with Crippen LogP contribution in [0.15, 0.2) is 42.5 Å². The van der Waals surface area contributed by atoms with Gasteiger partial charge in [-0.2, -0.15) is 0 Å². The Morgan fingerprint density at radius 3 is 2.66 bits per heavy atom. The summed E-state index contributed by atoms with van der Waals surface area (Å²) in [6.07, 6.45) is 1.70.